The van der Waals surface area contributed by atoms with Gasteiger partial charge in [-0.15, -0.1) is 11.3 Å². The molecule has 1 heterocycles. The summed E-state index contributed by atoms with van der Waals surface area (Å²) in [4.78, 5) is 14.7. The van der Waals surface area contributed by atoms with Crippen LogP contribution >= 0.6 is 11.3 Å². The Hall–Kier alpha value is -1.70. The molecule has 0 radical (unpaired) electrons. The third-order valence-electron chi connectivity index (χ3n) is 1.81. The molecule has 0 aliphatic heterocycles. The van der Waals surface area contributed by atoms with E-state index in [2.05, 4.69) is 4.99 Å². The van der Waals surface area contributed by atoms with Gasteiger partial charge in [-0.25, -0.2) is 4.79 Å². The van der Waals surface area contributed by atoms with Crippen LogP contribution < -0.4 is 0 Å². The first-order valence-electron chi connectivity index (χ1n) is 4.13. The van der Waals surface area contributed by atoms with Gasteiger partial charge in [-0.2, -0.15) is 4.99 Å². The van der Waals surface area contributed by atoms with Crippen molar-refractivity contribution >= 4 is 22.4 Å². The Balaban J connectivity index is 2.39. The van der Waals surface area contributed by atoms with E-state index in [1.54, 1.807) is 0 Å². The second kappa shape index (κ2) is 4.01. The summed E-state index contributed by atoms with van der Waals surface area (Å²) >= 11 is 1.48. The Labute approximate surface area is 85.6 Å². The standard InChI is InChI=1S/C11H7NOS/c13-8-12-11-7-6-10(14-11)9-4-2-1-3-5-9/h1-7H. The second-order valence-electron chi connectivity index (χ2n) is 2.71. The van der Waals surface area contributed by atoms with Crippen LogP contribution in [0.1, 0.15) is 0 Å². The summed E-state index contributed by atoms with van der Waals surface area (Å²) in [5.41, 5.74) is 1.14. The Bertz CT molecular complexity index is 469. The molecule has 0 atom stereocenters. The number of rotatable bonds is 2. The molecule has 14 heavy (non-hydrogen) atoms. The lowest BCUT2D eigenvalue weighted by molar-refractivity contribution is 0.565. The van der Waals surface area contributed by atoms with E-state index in [0.29, 0.717) is 5.00 Å². The van der Waals surface area contributed by atoms with E-state index in [-0.39, 0.29) is 0 Å². The van der Waals surface area contributed by atoms with E-state index in [4.69, 9.17) is 0 Å². The fraction of sp³-hybridized carbons (Fsp3) is 0. The minimum absolute atomic E-state index is 0.693. The third kappa shape index (κ3) is 1.79. The van der Waals surface area contributed by atoms with E-state index in [9.17, 15) is 4.79 Å². The zero-order chi connectivity index (χ0) is 9.80. The second-order valence-corrected chi connectivity index (χ2v) is 3.77. The maximum absolute atomic E-state index is 10.0. The van der Waals surface area contributed by atoms with E-state index in [1.165, 1.54) is 17.4 Å². The first kappa shape index (κ1) is 8.88. The molecule has 0 amide bonds. The molecule has 0 fully saturated rings. The van der Waals surface area contributed by atoms with Crippen LogP contribution in [0.25, 0.3) is 10.4 Å². The average molecular weight is 201 g/mol. The lowest BCUT2D eigenvalue weighted by Crippen LogP contribution is -1.67. The minimum atomic E-state index is 0.693. The van der Waals surface area contributed by atoms with Crippen molar-refractivity contribution in [1.82, 2.24) is 0 Å². The Morgan fingerprint density at radius 3 is 2.57 bits per heavy atom. The number of isocyanates is 1. The molecule has 2 nitrogen and oxygen atoms in total. The highest BCUT2D eigenvalue weighted by Crippen LogP contribution is 2.32. The highest BCUT2D eigenvalue weighted by atomic mass is 32.1. The van der Waals surface area contributed by atoms with E-state index in [0.717, 1.165) is 10.4 Å². The van der Waals surface area contributed by atoms with Crippen LogP contribution in [0.5, 0.6) is 0 Å². The molecule has 0 aliphatic rings. The van der Waals surface area contributed by atoms with Gasteiger partial charge in [0, 0.05) is 4.88 Å². The van der Waals surface area contributed by atoms with Gasteiger partial charge in [0.25, 0.3) is 0 Å². The molecule has 0 N–H and O–H groups in total. The zero-order valence-corrected chi connectivity index (χ0v) is 8.12. The number of nitrogens with zero attached hydrogens (tertiary/aromatic N) is 1. The molecular formula is C11H7NOS. The summed E-state index contributed by atoms with van der Waals surface area (Å²) in [6.07, 6.45) is 1.53. The molecule has 0 saturated carbocycles. The van der Waals surface area contributed by atoms with Crippen molar-refractivity contribution < 1.29 is 4.79 Å². The van der Waals surface area contributed by atoms with Crippen molar-refractivity contribution in [3.05, 3.63) is 42.5 Å². The topological polar surface area (TPSA) is 29.4 Å². The SMILES string of the molecule is O=C=Nc1ccc(-c2ccccc2)s1. The van der Waals surface area contributed by atoms with Crippen molar-refractivity contribution in [1.29, 1.82) is 0 Å². The Kier molecular flexibility index (Phi) is 2.54. The summed E-state index contributed by atoms with van der Waals surface area (Å²) in [6, 6.07) is 13.8. The highest BCUT2D eigenvalue weighted by Gasteiger charge is 2.00. The lowest BCUT2D eigenvalue weighted by atomic mass is 10.2. The largest absolute Gasteiger partial charge is 0.241 e. The first-order chi connectivity index (χ1) is 6.90. The van der Waals surface area contributed by atoms with Gasteiger partial charge in [-0.05, 0) is 17.7 Å². The Morgan fingerprint density at radius 2 is 1.86 bits per heavy atom. The van der Waals surface area contributed by atoms with Crippen LogP contribution in [0.3, 0.4) is 0 Å². The van der Waals surface area contributed by atoms with Crippen molar-refractivity contribution in [2.45, 2.75) is 0 Å². The number of hydrogen-bond acceptors (Lipinski definition) is 3. The maximum Gasteiger partial charge on any atom is 0.241 e. The van der Waals surface area contributed by atoms with E-state index < -0.39 is 0 Å². The van der Waals surface area contributed by atoms with Gasteiger partial charge in [0.15, 0.2) is 0 Å². The van der Waals surface area contributed by atoms with Crippen molar-refractivity contribution in [2.75, 3.05) is 0 Å². The fourth-order valence-corrected chi connectivity index (χ4v) is 2.02. The normalized spacial score (nSPS) is 9.43. The molecule has 1 aromatic carbocycles. The number of carbonyl (C=O) groups excluding carboxylic acids is 1. The number of aliphatic imine (C=N–C) groups is 1. The van der Waals surface area contributed by atoms with Gasteiger partial charge in [0.2, 0.25) is 6.08 Å². The van der Waals surface area contributed by atoms with Gasteiger partial charge < -0.3 is 0 Å². The molecule has 2 aromatic rings. The predicted octanol–water partition coefficient (Wildman–Crippen LogP) is 3.38. The van der Waals surface area contributed by atoms with Crippen molar-refractivity contribution in [3.8, 4) is 10.4 Å². The summed E-state index contributed by atoms with van der Waals surface area (Å²) in [6.45, 7) is 0. The summed E-state index contributed by atoms with van der Waals surface area (Å²) in [5, 5.41) is 0.693. The molecule has 0 unspecified atom stereocenters. The van der Waals surface area contributed by atoms with Gasteiger partial charge in [0.1, 0.15) is 5.00 Å². The van der Waals surface area contributed by atoms with Crippen LogP contribution in [0.2, 0.25) is 0 Å². The molecule has 68 valence electrons. The van der Waals surface area contributed by atoms with E-state index in [1.807, 2.05) is 42.5 Å². The van der Waals surface area contributed by atoms with Gasteiger partial charge in [-0.3, -0.25) is 0 Å². The quantitative estimate of drug-likeness (QED) is 0.541. The number of benzene rings is 1. The molecule has 1 aromatic heterocycles. The first-order valence-corrected chi connectivity index (χ1v) is 4.95. The van der Waals surface area contributed by atoms with Gasteiger partial charge in [-0.1, -0.05) is 30.3 Å². The summed E-state index contributed by atoms with van der Waals surface area (Å²) < 4.78 is 0. The zero-order valence-electron chi connectivity index (χ0n) is 7.31. The monoisotopic (exact) mass is 201 g/mol. The number of hydrogen-bond donors (Lipinski definition) is 0. The molecule has 0 aliphatic carbocycles. The van der Waals surface area contributed by atoms with Crippen LogP contribution in [0.15, 0.2) is 47.5 Å². The third-order valence-corrected chi connectivity index (χ3v) is 2.83. The van der Waals surface area contributed by atoms with Crippen LogP contribution in [-0.2, 0) is 4.79 Å². The minimum Gasteiger partial charge on any atom is -0.211 e. The molecule has 0 saturated heterocycles. The predicted molar refractivity (Wildman–Crippen MR) is 57.5 cm³/mol. The maximum atomic E-state index is 10.0. The average Bonchev–Trinajstić information content (AvgIpc) is 2.68. The lowest BCUT2D eigenvalue weighted by Gasteiger charge is -1.93. The van der Waals surface area contributed by atoms with Crippen molar-refractivity contribution in [3.63, 3.8) is 0 Å². The molecule has 3 heteroatoms. The molecule has 2 rings (SSSR count). The van der Waals surface area contributed by atoms with Crippen LogP contribution in [-0.4, -0.2) is 6.08 Å². The smallest absolute Gasteiger partial charge is 0.211 e. The number of thiophene rings is 1. The van der Waals surface area contributed by atoms with Crippen LogP contribution in [0, 0.1) is 0 Å². The molecule has 0 bridgehead atoms. The fourth-order valence-electron chi connectivity index (χ4n) is 1.19. The van der Waals surface area contributed by atoms with Crippen LogP contribution in [0.4, 0.5) is 5.00 Å². The van der Waals surface area contributed by atoms with Crippen molar-refractivity contribution in [2.24, 2.45) is 4.99 Å². The van der Waals surface area contributed by atoms with Gasteiger partial charge >= 0.3 is 0 Å². The van der Waals surface area contributed by atoms with E-state index >= 15 is 0 Å². The molecular weight excluding hydrogens is 194 g/mol. The highest BCUT2D eigenvalue weighted by molar-refractivity contribution is 7.19. The van der Waals surface area contributed by atoms with Gasteiger partial charge in [0.05, 0.1) is 0 Å². The Morgan fingerprint density at radius 1 is 1.07 bits per heavy atom. The summed E-state index contributed by atoms with van der Waals surface area (Å²) in [5.74, 6) is 0. The summed E-state index contributed by atoms with van der Waals surface area (Å²) in [7, 11) is 0. The molecule has 0 spiro atoms.